The van der Waals surface area contributed by atoms with Gasteiger partial charge in [0, 0.05) is 24.2 Å². The Labute approximate surface area is 355 Å². The zero-order valence-corrected chi connectivity index (χ0v) is 35.5. The van der Waals surface area contributed by atoms with E-state index in [1.165, 1.54) is 14.2 Å². The second-order valence-corrected chi connectivity index (χ2v) is 15.3. The number of aromatic nitrogens is 4. The maximum Gasteiger partial charge on any atom is 0.407 e. The molecular weight excluding hydrogens is 803 g/mol. The monoisotopic (exact) mass is 854 g/mol. The second-order valence-electron chi connectivity index (χ2n) is 15.3. The number of hydrogen-bond acceptors (Lipinski definition) is 10. The van der Waals surface area contributed by atoms with Crippen LogP contribution in [-0.2, 0) is 19.1 Å². The molecule has 2 aromatic carbocycles. The van der Waals surface area contributed by atoms with Gasteiger partial charge in [0.2, 0.25) is 18.6 Å². The van der Waals surface area contributed by atoms with Gasteiger partial charge in [-0.15, -0.1) is 24.8 Å². The van der Waals surface area contributed by atoms with Crippen LogP contribution in [0.1, 0.15) is 77.1 Å². The number of carbonyl (C=O) groups excluding carboxylic acids is 4. The van der Waals surface area contributed by atoms with Crippen LogP contribution in [0.5, 0.6) is 11.5 Å². The fourth-order valence-corrected chi connectivity index (χ4v) is 7.95. The molecule has 3 aliphatic heterocycles. The number of methoxy groups -OCH3 is 2. The summed E-state index contributed by atoms with van der Waals surface area (Å²) in [6.07, 6.45) is 5.39. The summed E-state index contributed by atoms with van der Waals surface area (Å²) < 4.78 is 21.6. The van der Waals surface area contributed by atoms with Gasteiger partial charge in [-0.1, -0.05) is 52.0 Å². The average Bonchev–Trinajstić information content (AvgIpc) is 4.07. The molecule has 2 aromatic heterocycles. The molecule has 0 unspecified atom stereocenters. The van der Waals surface area contributed by atoms with Gasteiger partial charge in [-0.3, -0.25) is 9.59 Å². The SMILES string of the molecule is COC(=O)N[C@H](C(=O)N1CCC[C@H]1c1ncc(-c2ccc(-c3ccc(-c4cnc([C@@H]5CCCN5C(=O)[C@@H](NC(=O)OC)C(C)C)[nH]4)c4c3OCO4)cc2)[nH]1)C(C)C.Cl.Cl. The average molecular weight is 856 g/mol. The Morgan fingerprint density at radius 1 is 0.678 bits per heavy atom. The van der Waals surface area contributed by atoms with Crippen molar-refractivity contribution in [3.63, 3.8) is 0 Å². The van der Waals surface area contributed by atoms with Crippen molar-refractivity contribution in [3.05, 3.63) is 60.4 Å². The van der Waals surface area contributed by atoms with Gasteiger partial charge in [-0.2, -0.15) is 0 Å². The van der Waals surface area contributed by atoms with Crippen molar-refractivity contribution >= 4 is 48.8 Å². The fourth-order valence-electron chi connectivity index (χ4n) is 7.95. The van der Waals surface area contributed by atoms with E-state index in [-0.39, 0.29) is 67.3 Å². The van der Waals surface area contributed by atoms with Crippen LogP contribution in [0.3, 0.4) is 0 Å². The minimum atomic E-state index is -0.720. The van der Waals surface area contributed by atoms with Crippen molar-refractivity contribution in [1.29, 1.82) is 0 Å². The molecule has 4 aromatic rings. The summed E-state index contributed by atoms with van der Waals surface area (Å²) in [5.41, 5.74) is 5.07. The number of aromatic amines is 2. The number of amides is 4. The molecule has 4 atom stereocenters. The molecule has 0 saturated carbocycles. The number of imidazole rings is 2. The van der Waals surface area contributed by atoms with Gasteiger partial charge in [0.05, 0.1) is 50.1 Å². The number of H-pyrrole nitrogens is 2. The first-order valence-electron chi connectivity index (χ1n) is 19.4. The molecule has 16 nitrogen and oxygen atoms in total. The topological polar surface area (TPSA) is 193 Å². The molecule has 0 bridgehead atoms. The quantitative estimate of drug-likeness (QED) is 0.125. The predicted molar refractivity (Wildman–Crippen MR) is 223 cm³/mol. The molecule has 2 saturated heterocycles. The van der Waals surface area contributed by atoms with E-state index in [0.717, 1.165) is 59.3 Å². The molecule has 5 heterocycles. The lowest BCUT2D eigenvalue weighted by Gasteiger charge is -2.30. The minimum Gasteiger partial charge on any atom is -0.453 e. The summed E-state index contributed by atoms with van der Waals surface area (Å²) in [6, 6.07) is 10.1. The first-order chi connectivity index (χ1) is 27.5. The molecule has 59 heavy (non-hydrogen) atoms. The number of halogens is 2. The maximum atomic E-state index is 13.6. The van der Waals surface area contributed by atoms with E-state index in [1.54, 1.807) is 22.2 Å². The van der Waals surface area contributed by atoms with Crippen molar-refractivity contribution in [3.8, 4) is 45.1 Å². The Balaban J connectivity index is 0.00000331. The zero-order valence-electron chi connectivity index (χ0n) is 33.9. The first kappa shape index (κ1) is 44.6. The summed E-state index contributed by atoms with van der Waals surface area (Å²) in [7, 11) is 2.56. The van der Waals surface area contributed by atoms with E-state index in [4.69, 9.17) is 23.9 Å². The summed E-state index contributed by atoms with van der Waals surface area (Å²) in [4.78, 5) is 71.0. The number of alkyl carbamates (subject to hydrolysis) is 2. The Morgan fingerprint density at radius 3 is 1.61 bits per heavy atom. The van der Waals surface area contributed by atoms with Gasteiger partial charge in [0.25, 0.3) is 0 Å². The highest BCUT2D eigenvalue weighted by Crippen LogP contribution is 2.48. The van der Waals surface area contributed by atoms with Gasteiger partial charge < -0.3 is 49.3 Å². The van der Waals surface area contributed by atoms with E-state index >= 15 is 0 Å². The molecule has 7 rings (SSSR count). The summed E-state index contributed by atoms with van der Waals surface area (Å²) in [5, 5.41) is 5.38. The van der Waals surface area contributed by atoms with Crippen LogP contribution >= 0.6 is 24.8 Å². The molecule has 2 fully saturated rings. The van der Waals surface area contributed by atoms with Crippen molar-refractivity contribution in [1.82, 2.24) is 40.4 Å². The van der Waals surface area contributed by atoms with Gasteiger partial charge >= 0.3 is 12.2 Å². The molecule has 0 radical (unpaired) electrons. The van der Waals surface area contributed by atoms with Crippen molar-refractivity contribution in [2.75, 3.05) is 34.1 Å². The third-order valence-electron chi connectivity index (χ3n) is 11.0. The number of nitrogens with one attached hydrogen (secondary N) is 4. The number of benzene rings is 2. The highest BCUT2D eigenvalue weighted by atomic mass is 35.5. The van der Waals surface area contributed by atoms with Gasteiger partial charge in [0.1, 0.15) is 23.7 Å². The number of likely N-dealkylation sites (tertiary alicyclic amines) is 2. The smallest absolute Gasteiger partial charge is 0.407 e. The van der Waals surface area contributed by atoms with Crippen LogP contribution in [0.15, 0.2) is 48.8 Å². The minimum absolute atomic E-state index is 0. The fraction of sp³-hybridized carbons (Fsp3) is 0.463. The summed E-state index contributed by atoms with van der Waals surface area (Å²) in [6.45, 7) is 8.77. The largest absolute Gasteiger partial charge is 0.453 e. The Morgan fingerprint density at radius 2 is 1.12 bits per heavy atom. The normalized spacial score (nSPS) is 17.9. The molecule has 3 aliphatic rings. The van der Waals surface area contributed by atoms with Gasteiger partial charge in [0.15, 0.2) is 11.5 Å². The number of nitrogens with zero attached hydrogens (tertiary/aromatic N) is 4. The van der Waals surface area contributed by atoms with Crippen LogP contribution in [0.25, 0.3) is 33.6 Å². The summed E-state index contributed by atoms with van der Waals surface area (Å²) in [5.74, 6) is 2.00. The number of ether oxygens (including phenoxy) is 4. The third kappa shape index (κ3) is 9.08. The Kier molecular flexibility index (Phi) is 14.4. The highest BCUT2D eigenvalue weighted by Gasteiger charge is 2.39. The standard InChI is InChI=1S/C41H50N8O8.2ClH/c1-22(2)32(46-40(52)54-5)38(50)48-17-7-9-30(48)36-42-19-28(44-36)25-13-11-24(12-14-25)26-15-16-27(35-34(26)56-21-57-35)29-20-43-37(45-29)31-10-8-18-49(31)39(51)33(23(3)4)47-41(53)55-6;;/h11-16,19-20,22-23,30-33H,7-10,17-18,21H2,1-6H3,(H,42,44)(H,43,45)(H,46,52)(H,47,53);2*1H/t30-,31-,32-,33-;;/m0../s1. The predicted octanol–water partition coefficient (Wildman–Crippen LogP) is 6.79. The van der Waals surface area contributed by atoms with E-state index < -0.39 is 24.3 Å². The molecule has 4 N–H and O–H groups in total. The zero-order chi connectivity index (χ0) is 40.4. The Bertz CT molecular complexity index is 2120. The number of rotatable bonds is 11. The van der Waals surface area contributed by atoms with Crippen molar-refractivity contribution < 1.29 is 38.1 Å². The van der Waals surface area contributed by atoms with Crippen LogP contribution in [0, 0.1) is 11.8 Å². The van der Waals surface area contributed by atoms with Crippen LogP contribution < -0.4 is 20.1 Å². The number of hydrogen-bond donors (Lipinski definition) is 4. The number of fused-ring (bicyclic) bond motifs is 1. The molecule has 318 valence electrons. The lowest BCUT2D eigenvalue weighted by molar-refractivity contribution is -0.136. The third-order valence-corrected chi connectivity index (χ3v) is 11.0. The first-order valence-corrected chi connectivity index (χ1v) is 19.4. The van der Waals surface area contributed by atoms with E-state index in [9.17, 15) is 19.2 Å². The summed E-state index contributed by atoms with van der Waals surface area (Å²) >= 11 is 0. The van der Waals surface area contributed by atoms with Crippen molar-refractivity contribution in [2.45, 2.75) is 77.5 Å². The van der Waals surface area contributed by atoms with Gasteiger partial charge in [-0.25, -0.2) is 19.6 Å². The van der Waals surface area contributed by atoms with Crippen LogP contribution in [0.4, 0.5) is 9.59 Å². The van der Waals surface area contributed by atoms with Crippen LogP contribution in [-0.4, -0.2) is 99.9 Å². The lowest BCUT2D eigenvalue weighted by Crippen LogP contribution is -2.51. The number of carbonyl (C=O) groups is 4. The maximum absolute atomic E-state index is 13.6. The van der Waals surface area contributed by atoms with Crippen molar-refractivity contribution in [2.24, 2.45) is 11.8 Å². The molecule has 0 aliphatic carbocycles. The molecular formula is C41H52Cl2N8O8. The molecule has 4 amide bonds. The molecule has 18 heteroatoms. The van der Waals surface area contributed by atoms with E-state index in [1.807, 2.05) is 64.1 Å². The second kappa shape index (κ2) is 19.1. The van der Waals surface area contributed by atoms with Crippen LogP contribution in [0.2, 0.25) is 0 Å². The van der Waals surface area contributed by atoms with E-state index in [2.05, 4.69) is 25.6 Å². The Hall–Kier alpha value is -5.48. The lowest BCUT2D eigenvalue weighted by atomic mass is 9.99. The molecule has 0 spiro atoms. The highest BCUT2D eigenvalue weighted by molar-refractivity contribution is 5.88. The van der Waals surface area contributed by atoms with Gasteiger partial charge in [-0.05, 0) is 60.8 Å². The van der Waals surface area contributed by atoms with E-state index in [0.29, 0.717) is 36.2 Å².